The first kappa shape index (κ1) is 26.2. The second kappa shape index (κ2) is 8.63. The van der Waals surface area contributed by atoms with Crippen LogP contribution in [0.2, 0.25) is 0 Å². The molecule has 0 aromatic rings. The summed E-state index contributed by atoms with van der Waals surface area (Å²) in [6.45, 7) is 7.30. The first-order valence-electron chi connectivity index (χ1n) is 13.1. The van der Waals surface area contributed by atoms with Crippen molar-refractivity contribution in [3.05, 3.63) is 11.6 Å². The molecule has 0 amide bonds. The average molecular weight is 481 g/mol. The van der Waals surface area contributed by atoms with Crippen LogP contribution in [0.1, 0.15) is 79.1 Å². The topological polar surface area (TPSA) is 138 Å². The van der Waals surface area contributed by atoms with E-state index in [-0.39, 0.29) is 43.0 Å². The van der Waals surface area contributed by atoms with Crippen molar-refractivity contribution < 1.29 is 35.4 Å². The van der Waals surface area contributed by atoms with E-state index in [1.165, 1.54) is 0 Å². The summed E-state index contributed by atoms with van der Waals surface area (Å²) in [6.07, 6.45) is 2.84. The Morgan fingerprint density at radius 2 is 1.82 bits per heavy atom. The predicted octanol–water partition coefficient (Wildman–Crippen LogP) is 1.71. The van der Waals surface area contributed by atoms with Gasteiger partial charge in [0.1, 0.15) is 0 Å². The van der Waals surface area contributed by atoms with Crippen LogP contribution in [0.15, 0.2) is 11.6 Å². The summed E-state index contributed by atoms with van der Waals surface area (Å²) in [4.78, 5) is 13.3. The van der Waals surface area contributed by atoms with Crippen LogP contribution in [0.25, 0.3) is 0 Å². The van der Waals surface area contributed by atoms with E-state index in [1.807, 2.05) is 6.92 Å². The molecule has 4 aliphatic rings. The van der Waals surface area contributed by atoms with Crippen LogP contribution in [0.4, 0.5) is 0 Å². The van der Waals surface area contributed by atoms with Gasteiger partial charge in [0, 0.05) is 16.7 Å². The number of aliphatic hydroxyl groups excluding tert-OH is 4. The molecule has 4 rings (SSSR count). The summed E-state index contributed by atoms with van der Waals surface area (Å²) in [6, 6.07) is 0. The standard InChI is InChI=1S/C27H44O7/c1-15(20(29)7-8-24(2,3)33)16-6-10-27(34)18-11-21(30)19-12-22(31)23(32)13-26(19,14-28)17(18)5-9-25(16,27)4/h11,15-17,19-20,22-23,28-29,31-34H,5-10,12-14H2,1-4H3/t15?,16-,17?,19+,20-,22-,23+,25-,26-,27-/m1/s1. The first-order chi connectivity index (χ1) is 15.7. The van der Waals surface area contributed by atoms with Crippen molar-refractivity contribution in [2.45, 2.75) is 109 Å². The van der Waals surface area contributed by atoms with Crippen LogP contribution < -0.4 is 0 Å². The monoisotopic (exact) mass is 480 g/mol. The van der Waals surface area contributed by atoms with Crippen LogP contribution in [0.3, 0.4) is 0 Å². The molecule has 3 fully saturated rings. The Morgan fingerprint density at radius 3 is 2.44 bits per heavy atom. The molecule has 10 atom stereocenters. The molecule has 0 aliphatic heterocycles. The van der Waals surface area contributed by atoms with Gasteiger partial charge in [-0.2, -0.15) is 0 Å². The van der Waals surface area contributed by atoms with Gasteiger partial charge in [0.05, 0.1) is 36.1 Å². The molecule has 0 aromatic carbocycles. The third kappa shape index (κ3) is 3.82. The van der Waals surface area contributed by atoms with E-state index < -0.39 is 46.3 Å². The van der Waals surface area contributed by atoms with Gasteiger partial charge in [-0.05, 0) is 94.6 Å². The van der Waals surface area contributed by atoms with Crippen LogP contribution in [-0.4, -0.2) is 72.5 Å². The van der Waals surface area contributed by atoms with Gasteiger partial charge in [0.15, 0.2) is 5.78 Å². The zero-order valence-corrected chi connectivity index (χ0v) is 21.1. The van der Waals surface area contributed by atoms with Gasteiger partial charge in [-0.15, -0.1) is 0 Å². The Bertz CT molecular complexity index is 833. The highest BCUT2D eigenvalue weighted by Gasteiger charge is 2.68. The minimum atomic E-state index is -1.21. The number of hydrogen-bond donors (Lipinski definition) is 6. The third-order valence-corrected chi connectivity index (χ3v) is 10.5. The summed E-state index contributed by atoms with van der Waals surface area (Å²) >= 11 is 0. The SMILES string of the molecule is CC([C@H](O)CCC(C)(C)O)[C@H]1CC[C@@]2(O)C3=CC(=O)[C@@H]4C[C@@H](O)[C@@H](O)C[C@@]4(CO)C3CC[C@]12C. The number of ketones is 1. The Hall–Kier alpha value is -0.830. The molecule has 0 bridgehead atoms. The fourth-order valence-electron chi connectivity index (χ4n) is 8.35. The summed E-state index contributed by atoms with van der Waals surface area (Å²) < 4.78 is 0. The normalized spacial score (nSPS) is 46.2. The predicted molar refractivity (Wildman–Crippen MR) is 127 cm³/mol. The number of carbonyl (C=O) groups is 1. The summed E-state index contributed by atoms with van der Waals surface area (Å²) in [7, 11) is 0. The van der Waals surface area contributed by atoms with E-state index in [4.69, 9.17) is 0 Å². The Labute approximate surface area is 202 Å². The molecule has 7 heteroatoms. The van der Waals surface area contributed by atoms with Gasteiger partial charge in [0.25, 0.3) is 0 Å². The zero-order chi connectivity index (χ0) is 25.3. The lowest BCUT2D eigenvalue weighted by Crippen LogP contribution is -2.62. The molecule has 6 N–H and O–H groups in total. The number of hydrogen-bond acceptors (Lipinski definition) is 7. The first-order valence-corrected chi connectivity index (χ1v) is 13.1. The molecule has 194 valence electrons. The van der Waals surface area contributed by atoms with E-state index in [0.717, 1.165) is 6.42 Å². The highest BCUT2D eigenvalue weighted by Crippen LogP contribution is 2.68. The third-order valence-electron chi connectivity index (χ3n) is 10.5. The second-order valence-electron chi connectivity index (χ2n) is 12.8. The molecule has 0 spiro atoms. The molecular formula is C27H44O7. The minimum absolute atomic E-state index is 0.0489. The van der Waals surface area contributed by atoms with Crippen molar-refractivity contribution in [2.75, 3.05) is 6.61 Å². The highest BCUT2D eigenvalue weighted by atomic mass is 16.3. The van der Waals surface area contributed by atoms with Crippen molar-refractivity contribution in [2.24, 2.45) is 34.5 Å². The average Bonchev–Trinajstić information content (AvgIpc) is 3.04. The summed E-state index contributed by atoms with van der Waals surface area (Å²) in [5.41, 5.74) is -2.77. The minimum Gasteiger partial charge on any atom is -0.396 e. The van der Waals surface area contributed by atoms with Gasteiger partial charge >= 0.3 is 0 Å². The number of rotatable bonds is 6. The second-order valence-corrected chi connectivity index (χ2v) is 12.8. The maximum atomic E-state index is 13.3. The maximum absolute atomic E-state index is 13.3. The van der Waals surface area contributed by atoms with Gasteiger partial charge in [-0.25, -0.2) is 0 Å². The van der Waals surface area contributed by atoms with Crippen molar-refractivity contribution >= 4 is 5.78 Å². The van der Waals surface area contributed by atoms with Crippen molar-refractivity contribution in [1.29, 1.82) is 0 Å². The van der Waals surface area contributed by atoms with E-state index in [1.54, 1.807) is 19.9 Å². The molecule has 3 saturated carbocycles. The van der Waals surface area contributed by atoms with Crippen molar-refractivity contribution in [1.82, 2.24) is 0 Å². The lowest BCUT2D eigenvalue weighted by Gasteiger charge is -2.60. The molecule has 7 nitrogen and oxygen atoms in total. The highest BCUT2D eigenvalue weighted by molar-refractivity contribution is 5.95. The summed E-state index contributed by atoms with van der Waals surface area (Å²) in [5.74, 6) is -0.991. The lowest BCUT2D eigenvalue weighted by atomic mass is 9.45. The Kier molecular flexibility index (Phi) is 6.66. The number of allylic oxidation sites excluding steroid dienone is 1. The van der Waals surface area contributed by atoms with Gasteiger partial charge in [-0.1, -0.05) is 13.8 Å². The molecule has 2 unspecified atom stereocenters. The van der Waals surface area contributed by atoms with Gasteiger partial charge < -0.3 is 30.6 Å². The lowest BCUT2D eigenvalue weighted by molar-refractivity contribution is -0.166. The van der Waals surface area contributed by atoms with Crippen LogP contribution in [0, 0.1) is 34.5 Å². The quantitative estimate of drug-likeness (QED) is 0.340. The fourth-order valence-corrected chi connectivity index (χ4v) is 8.35. The van der Waals surface area contributed by atoms with Crippen molar-refractivity contribution in [3.63, 3.8) is 0 Å². The zero-order valence-electron chi connectivity index (χ0n) is 21.1. The van der Waals surface area contributed by atoms with Gasteiger partial charge in [-0.3, -0.25) is 4.79 Å². The molecule has 0 aromatic heterocycles. The molecular weight excluding hydrogens is 436 g/mol. The smallest absolute Gasteiger partial charge is 0.159 e. The van der Waals surface area contributed by atoms with Gasteiger partial charge in [0.2, 0.25) is 0 Å². The largest absolute Gasteiger partial charge is 0.396 e. The van der Waals surface area contributed by atoms with E-state index in [0.29, 0.717) is 37.7 Å². The van der Waals surface area contributed by atoms with Crippen molar-refractivity contribution in [3.8, 4) is 0 Å². The number of carbonyl (C=O) groups excluding carboxylic acids is 1. The van der Waals surface area contributed by atoms with Crippen LogP contribution in [-0.2, 0) is 4.79 Å². The van der Waals surface area contributed by atoms with E-state index in [9.17, 15) is 35.4 Å². The van der Waals surface area contributed by atoms with Crippen LogP contribution >= 0.6 is 0 Å². The molecule has 0 heterocycles. The number of aliphatic hydroxyl groups is 6. The number of fused-ring (bicyclic) bond motifs is 5. The van der Waals surface area contributed by atoms with E-state index >= 15 is 0 Å². The Morgan fingerprint density at radius 1 is 1.15 bits per heavy atom. The maximum Gasteiger partial charge on any atom is 0.159 e. The molecule has 34 heavy (non-hydrogen) atoms. The van der Waals surface area contributed by atoms with Crippen LogP contribution in [0.5, 0.6) is 0 Å². The molecule has 4 aliphatic carbocycles. The fraction of sp³-hybridized carbons (Fsp3) is 0.889. The molecule has 0 saturated heterocycles. The summed E-state index contributed by atoms with van der Waals surface area (Å²) in [5, 5.41) is 64.5. The Balaban J connectivity index is 1.65. The molecule has 0 radical (unpaired) electrons. The van der Waals surface area contributed by atoms with E-state index in [2.05, 4.69) is 6.92 Å².